The van der Waals surface area contributed by atoms with Crippen molar-refractivity contribution in [2.45, 2.75) is 26.1 Å². The lowest BCUT2D eigenvalue weighted by atomic mass is 10.1. The maximum atomic E-state index is 12.9. The van der Waals surface area contributed by atoms with Crippen LogP contribution in [-0.2, 0) is 0 Å². The van der Waals surface area contributed by atoms with E-state index in [-0.39, 0.29) is 0 Å². The number of hydrogen-bond donors (Lipinski definition) is 0. The monoisotopic (exact) mass is 353 g/mol. The number of fused-ring (bicyclic) bond motifs is 1. The van der Waals surface area contributed by atoms with Crippen LogP contribution in [0.5, 0.6) is 5.75 Å². The Labute approximate surface area is 145 Å². The molecule has 0 saturated carbocycles. The standard InChI is InChI=1S/C18H22F3N3O/c1-12-11-15(14-5-4-6-16(25-3)17(14)22-12)24-9-7-23(8-10-24)13(2)18(19,20)21/h4-6,11,13H,7-10H2,1-3H3. The normalized spacial score (nSPS) is 17.8. The fourth-order valence-corrected chi connectivity index (χ4v) is 3.31. The van der Waals surface area contributed by atoms with Crippen molar-refractivity contribution in [3.8, 4) is 5.75 Å². The fraction of sp³-hybridized carbons (Fsp3) is 0.500. The van der Waals surface area contributed by atoms with Gasteiger partial charge in [-0.15, -0.1) is 0 Å². The quantitative estimate of drug-likeness (QED) is 0.843. The SMILES string of the molecule is COc1cccc2c(N3CCN(C(C)C(F)(F)F)CC3)cc(C)nc12. The first-order valence-electron chi connectivity index (χ1n) is 8.31. The number of nitrogens with zero attached hydrogens (tertiary/aromatic N) is 3. The molecule has 0 bridgehead atoms. The number of halogens is 3. The molecule has 136 valence electrons. The van der Waals surface area contributed by atoms with Crippen molar-refractivity contribution < 1.29 is 17.9 Å². The minimum atomic E-state index is -4.19. The molecule has 1 fully saturated rings. The predicted octanol–water partition coefficient (Wildman–Crippen LogP) is 3.62. The van der Waals surface area contributed by atoms with E-state index in [9.17, 15) is 13.2 Å². The molecule has 3 rings (SSSR count). The molecular formula is C18H22F3N3O. The third kappa shape index (κ3) is 3.51. The van der Waals surface area contributed by atoms with Gasteiger partial charge in [0.25, 0.3) is 0 Å². The van der Waals surface area contributed by atoms with Crippen LogP contribution in [0.2, 0.25) is 0 Å². The number of benzene rings is 1. The van der Waals surface area contributed by atoms with Crippen LogP contribution in [0.1, 0.15) is 12.6 Å². The molecule has 1 aliphatic rings. The van der Waals surface area contributed by atoms with Gasteiger partial charge in [-0.2, -0.15) is 13.2 Å². The molecule has 1 unspecified atom stereocenters. The summed E-state index contributed by atoms with van der Waals surface area (Å²) in [6.45, 7) is 5.01. The lowest BCUT2D eigenvalue weighted by Crippen LogP contribution is -2.53. The van der Waals surface area contributed by atoms with Crippen molar-refractivity contribution in [3.63, 3.8) is 0 Å². The summed E-state index contributed by atoms with van der Waals surface area (Å²) < 4.78 is 44.2. The third-order valence-electron chi connectivity index (χ3n) is 4.81. The first kappa shape index (κ1) is 17.8. The summed E-state index contributed by atoms with van der Waals surface area (Å²) in [6.07, 6.45) is -4.19. The zero-order valence-corrected chi connectivity index (χ0v) is 14.6. The summed E-state index contributed by atoms with van der Waals surface area (Å²) in [7, 11) is 1.61. The Balaban J connectivity index is 1.87. The first-order valence-corrected chi connectivity index (χ1v) is 8.31. The van der Waals surface area contributed by atoms with E-state index in [0.29, 0.717) is 31.9 Å². The number of ether oxygens (including phenoxy) is 1. The molecule has 1 aliphatic heterocycles. The molecule has 0 amide bonds. The second-order valence-corrected chi connectivity index (χ2v) is 6.38. The molecule has 1 aromatic carbocycles. The number of rotatable bonds is 3. The van der Waals surface area contributed by atoms with E-state index in [0.717, 1.165) is 22.3 Å². The highest BCUT2D eigenvalue weighted by Crippen LogP contribution is 2.33. The fourth-order valence-electron chi connectivity index (χ4n) is 3.31. The Hall–Kier alpha value is -2.02. The van der Waals surface area contributed by atoms with Gasteiger partial charge in [0.15, 0.2) is 0 Å². The van der Waals surface area contributed by atoms with Gasteiger partial charge in [-0.05, 0) is 26.0 Å². The van der Waals surface area contributed by atoms with Gasteiger partial charge >= 0.3 is 6.18 Å². The van der Waals surface area contributed by atoms with Crippen molar-refractivity contribution in [3.05, 3.63) is 30.0 Å². The average Bonchev–Trinajstić information content (AvgIpc) is 2.59. The molecule has 0 aliphatic carbocycles. The van der Waals surface area contributed by atoms with Crippen molar-refractivity contribution in [1.29, 1.82) is 0 Å². The molecule has 0 N–H and O–H groups in total. The van der Waals surface area contributed by atoms with Crippen LogP contribution in [0.15, 0.2) is 24.3 Å². The third-order valence-corrected chi connectivity index (χ3v) is 4.81. The number of piperazine rings is 1. The van der Waals surface area contributed by atoms with Crippen molar-refractivity contribution in [2.24, 2.45) is 0 Å². The molecule has 25 heavy (non-hydrogen) atoms. The zero-order chi connectivity index (χ0) is 18.2. The highest BCUT2D eigenvalue weighted by molar-refractivity contribution is 5.95. The Morgan fingerprint density at radius 1 is 1.16 bits per heavy atom. The minimum Gasteiger partial charge on any atom is -0.494 e. The van der Waals surface area contributed by atoms with Gasteiger partial charge in [-0.25, -0.2) is 4.98 Å². The Bertz CT molecular complexity index is 755. The largest absolute Gasteiger partial charge is 0.494 e. The van der Waals surface area contributed by atoms with E-state index in [1.807, 2.05) is 31.2 Å². The van der Waals surface area contributed by atoms with Crippen LogP contribution >= 0.6 is 0 Å². The van der Waals surface area contributed by atoms with Crippen molar-refractivity contribution in [2.75, 3.05) is 38.2 Å². The number of anilines is 1. The Morgan fingerprint density at radius 3 is 2.44 bits per heavy atom. The van der Waals surface area contributed by atoms with E-state index in [2.05, 4.69) is 9.88 Å². The Morgan fingerprint density at radius 2 is 1.84 bits per heavy atom. The minimum absolute atomic E-state index is 0.382. The van der Waals surface area contributed by atoms with E-state index in [1.54, 1.807) is 7.11 Å². The summed E-state index contributed by atoms with van der Waals surface area (Å²) >= 11 is 0. The number of methoxy groups -OCH3 is 1. The predicted molar refractivity (Wildman–Crippen MR) is 92.3 cm³/mol. The van der Waals surface area contributed by atoms with E-state index < -0.39 is 12.2 Å². The second-order valence-electron chi connectivity index (χ2n) is 6.38. The lowest BCUT2D eigenvalue weighted by molar-refractivity contribution is -0.179. The number of aryl methyl sites for hydroxylation is 1. The molecule has 1 atom stereocenters. The molecule has 7 heteroatoms. The van der Waals surface area contributed by atoms with Gasteiger partial charge in [0, 0.05) is 42.9 Å². The van der Waals surface area contributed by atoms with Gasteiger partial charge in [-0.1, -0.05) is 12.1 Å². The first-order chi connectivity index (χ1) is 11.8. The molecule has 0 spiro atoms. The summed E-state index contributed by atoms with van der Waals surface area (Å²) in [5, 5.41) is 0.960. The van der Waals surface area contributed by atoms with E-state index in [1.165, 1.54) is 11.8 Å². The molecule has 2 aromatic rings. The topological polar surface area (TPSA) is 28.6 Å². The Kier molecular flexibility index (Phi) is 4.77. The van der Waals surface area contributed by atoms with Crippen LogP contribution in [0.3, 0.4) is 0 Å². The molecule has 0 radical (unpaired) electrons. The average molecular weight is 353 g/mol. The molecule has 4 nitrogen and oxygen atoms in total. The number of pyridine rings is 1. The molecule has 1 saturated heterocycles. The van der Waals surface area contributed by atoms with Crippen LogP contribution in [0.25, 0.3) is 10.9 Å². The molecular weight excluding hydrogens is 331 g/mol. The van der Waals surface area contributed by atoms with Crippen LogP contribution in [0, 0.1) is 6.92 Å². The second kappa shape index (κ2) is 6.71. The molecule has 1 aromatic heterocycles. The number of para-hydroxylation sites is 1. The van der Waals surface area contributed by atoms with Crippen molar-refractivity contribution >= 4 is 16.6 Å². The van der Waals surface area contributed by atoms with Gasteiger partial charge in [0.2, 0.25) is 0 Å². The number of aromatic nitrogens is 1. The maximum absolute atomic E-state index is 12.9. The van der Waals surface area contributed by atoms with Gasteiger partial charge < -0.3 is 9.64 Å². The lowest BCUT2D eigenvalue weighted by Gasteiger charge is -2.39. The van der Waals surface area contributed by atoms with Crippen molar-refractivity contribution in [1.82, 2.24) is 9.88 Å². The summed E-state index contributed by atoms with van der Waals surface area (Å²) in [5.74, 6) is 0.701. The van der Waals surface area contributed by atoms with Gasteiger partial charge in [-0.3, -0.25) is 4.90 Å². The highest BCUT2D eigenvalue weighted by Gasteiger charge is 2.40. The van der Waals surface area contributed by atoms with E-state index in [4.69, 9.17) is 4.74 Å². The van der Waals surface area contributed by atoms with E-state index >= 15 is 0 Å². The van der Waals surface area contributed by atoms with Crippen LogP contribution in [-0.4, -0.2) is 55.4 Å². The van der Waals surface area contributed by atoms with Crippen LogP contribution < -0.4 is 9.64 Å². The summed E-state index contributed by atoms with van der Waals surface area (Å²) in [5.41, 5.74) is 2.64. The van der Waals surface area contributed by atoms with Gasteiger partial charge in [0.1, 0.15) is 17.3 Å². The maximum Gasteiger partial charge on any atom is 0.403 e. The van der Waals surface area contributed by atoms with Crippen LogP contribution in [0.4, 0.5) is 18.9 Å². The smallest absolute Gasteiger partial charge is 0.403 e. The number of hydrogen-bond acceptors (Lipinski definition) is 4. The number of alkyl halides is 3. The highest BCUT2D eigenvalue weighted by atomic mass is 19.4. The molecule has 2 heterocycles. The summed E-state index contributed by atoms with van der Waals surface area (Å²) in [6, 6.07) is 6.32. The zero-order valence-electron chi connectivity index (χ0n) is 14.6. The summed E-state index contributed by atoms with van der Waals surface area (Å²) in [4.78, 5) is 8.19. The van der Waals surface area contributed by atoms with Gasteiger partial charge in [0.05, 0.1) is 7.11 Å².